The van der Waals surface area contributed by atoms with Crippen LogP contribution in [0.25, 0.3) is 0 Å². The molecule has 0 aromatic carbocycles. The third kappa shape index (κ3) is 371. The van der Waals surface area contributed by atoms with Gasteiger partial charge in [0.25, 0.3) is 0 Å². The summed E-state index contributed by atoms with van der Waals surface area (Å²) >= 11 is -4.12. The van der Waals surface area contributed by atoms with Gasteiger partial charge < -0.3 is 0 Å². The van der Waals surface area contributed by atoms with Crippen molar-refractivity contribution in [2.24, 2.45) is 0 Å². The van der Waals surface area contributed by atoms with Gasteiger partial charge in [0.05, 0.1) is 0 Å². The van der Waals surface area contributed by atoms with Crippen LogP contribution >= 0.6 is 0 Å². The fraction of sp³-hybridized carbons (Fsp3) is 1.00. The Morgan fingerprint density at radius 1 is 1.60 bits per heavy atom. The Morgan fingerprint density at radius 2 is 1.60 bits per heavy atom. The van der Waals surface area contributed by atoms with Crippen molar-refractivity contribution < 1.29 is 12.2 Å². The standard InChI is InChI=1S/CH6O3Se/c1-5(2,3)4/h5H,1H3,(H2,2,3,4). The first-order valence-electron chi connectivity index (χ1n) is 1.03. The van der Waals surface area contributed by atoms with Gasteiger partial charge in [-0.1, -0.05) is 0 Å². The summed E-state index contributed by atoms with van der Waals surface area (Å²) in [6.07, 6.45) is 0. The predicted molar refractivity (Wildman–Crippen MR) is 18.1 cm³/mol. The molecule has 0 saturated heterocycles. The van der Waals surface area contributed by atoms with Crippen molar-refractivity contribution in [3.8, 4) is 0 Å². The van der Waals surface area contributed by atoms with Crippen LogP contribution in [0.4, 0.5) is 0 Å². The first-order valence-corrected chi connectivity index (χ1v) is 5.35. The first kappa shape index (κ1) is 5.24. The summed E-state index contributed by atoms with van der Waals surface area (Å²) in [4.78, 5) is 0. The summed E-state index contributed by atoms with van der Waals surface area (Å²) in [6.45, 7) is 0. The van der Waals surface area contributed by atoms with Crippen molar-refractivity contribution in [2.45, 2.75) is 5.82 Å². The molecule has 5 heavy (non-hydrogen) atoms. The molecule has 0 fully saturated rings. The second-order valence-corrected chi connectivity index (χ2v) is 4.34. The van der Waals surface area contributed by atoms with Crippen molar-refractivity contribution in [3.05, 3.63) is 0 Å². The van der Waals surface area contributed by atoms with Gasteiger partial charge in [0.2, 0.25) is 0 Å². The molecular weight excluding hydrogens is 139 g/mol. The van der Waals surface area contributed by atoms with E-state index < -0.39 is 13.4 Å². The Hall–Kier alpha value is 0.239. The molecule has 2 N–H and O–H groups in total. The molecule has 0 amide bonds. The van der Waals surface area contributed by atoms with Gasteiger partial charge in [0.15, 0.2) is 0 Å². The van der Waals surface area contributed by atoms with E-state index in [1.165, 1.54) is 0 Å². The Kier molecular flexibility index (Phi) is 1.20. The van der Waals surface area contributed by atoms with E-state index in [4.69, 9.17) is 8.38 Å². The van der Waals surface area contributed by atoms with Gasteiger partial charge in [-0.05, 0) is 0 Å². The average Bonchev–Trinajstić information content (AvgIpc) is 0.722. The van der Waals surface area contributed by atoms with Gasteiger partial charge >= 0.3 is 31.5 Å². The van der Waals surface area contributed by atoms with Crippen LogP contribution in [0.3, 0.4) is 0 Å². The summed E-state index contributed by atoms with van der Waals surface area (Å²) in [6, 6.07) is 0. The fourth-order valence-electron chi connectivity index (χ4n) is 0. The molecule has 34 valence electrons. The van der Waals surface area contributed by atoms with Gasteiger partial charge in [-0.25, -0.2) is 0 Å². The van der Waals surface area contributed by atoms with E-state index in [1.807, 2.05) is 0 Å². The third-order valence-corrected chi connectivity index (χ3v) is 0. The molecule has 0 aliphatic rings. The van der Waals surface area contributed by atoms with Gasteiger partial charge in [0, 0.05) is 0 Å². The van der Waals surface area contributed by atoms with Crippen LogP contribution < -0.4 is 0 Å². The molecule has 0 atom stereocenters. The summed E-state index contributed by atoms with van der Waals surface area (Å²) in [5.41, 5.74) is 0. The van der Waals surface area contributed by atoms with Crippen molar-refractivity contribution in [2.75, 3.05) is 0 Å². The van der Waals surface area contributed by atoms with Gasteiger partial charge in [-0.2, -0.15) is 0 Å². The average molecular weight is 145 g/mol. The van der Waals surface area contributed by atoms with E-state index in [2.05, 4.69) is 0 Å². The summed E-state index contributed by atoms with van der Waals surface area (Å²) < 4.78 is 24.8. The molecule has 0 heterocycles. The van der Waals surface area contributed by atoms with E-state index in [9.17, 15) is 3.83 Å². The zero-order chi connectivity index (χ0) is 4.50. The first-order chi connectivity index (χ1) is 2.00. The van der Waals surface area contributed by atoms with Gasteiger partial charge in [-0.15, -0.1) is 0 Å². The molecular formula is CH6O3Se. The summed E-state index contributed by atoms with van der Waals surface area (Å²) in [5, 5.41) is 0. The molecule has 0 bridgehead atoms. The molecule has 0 aliphatic heterocycles. The predicted octanol–water partition coefficient (Wildman–Crippen LogP) is -1.30. The van der Waals surface area contributed by atoms with E-state index in [-0.39, 0.29) is 0 Å². The normalized spacial score (nSPS) is 15.0. The SMILES string of the molecule is C[SeH](=O)(O)O. The Labute approximate surface area is 32.3 Å². The van der Waals surface area contributed by atoms with Crippen molar-refractivity contribution in [3.63, 3.8) is 0 Å². The minimum absolute atomic E-state index is 0.915. The van der Waals surface area contributed by atoms with Crippen LogP contribution in [-0.4, -0.2) is 21.8 Å². The van der Waals surface area contributed by atoms with Gasteiger partial charge in [-0.3, -0.25) is 0 Å². The maximum absolute atomic E-state index is 9.39. The Bertz CT molecular complexity index is 53.0. The zero-order valence-electron chi connectivity index (χ0n) is 2.75. The monoisotopic (exact) mass is 146 g/mol. The molecule has 0 saturated carbocycles. The van der Waals surface area contributed by atoms with Crippen LogP contribution in [0.2, 0.25) is 5.82 Å². The number of hydrogen-bond donors (Lipinski definition) is 2. The summed E-state index contributed by atoms with van der Waals surface area (Å²) in [7, 11) is 0. The molecule has 0 radical (unpaired) electrons. The fourth-order valence-corrected chi connectivity index (χ4v) is 0. The second-order valence-electron chi connectivity index (χ2n) is 0.835. The van der Waals surface area contributed by atoms with Crippen molar-refractivity contribution in [1.82, 2.24) is 0 Å². The van der Waals surface area contributed by atoms with Crippen LogP contribution in [0, 0.1) is 0 Å². The molecule has 0 aromatic heterocycles. The number of rotatable bonds is 0. The minimum atomic E-state index is -4.12. The van der Waals surface area contributed by atoms with Crippen molar-refractivity contribution >= 4 is 13.4 Å². The van der Waals surface area contributed by atoms with Crippen LogP contribution in [0.15, 0.2) is 0 Å². The second kappa shape index (κ2) is 1.14. The molecule has 0 aliphatic carbocycles. The zero-order valence-corrected chi connectivity index (χ0v) is 4.63. The molecule has 0 aromatic rings. The number of hydrogen-bond acceptors (Lipinski definition) is 1. The quantitative estimate of drug-likeness (QED) is 0.416. The molecule has 0 spiro atoms. The third-order valence-electron chi connectivity index (χ3n) is 0. The topological polar surface area (TPSA) is 57.5 Å². The van der Waals surface area contributed by atoms with Gasteiger partial charge in [0.1, 0.15) is 0 Å². The van der Waals surface area contributed by atoms with E-state index in [0.29, 0.717) is 0 Å². The molecule has 0 rings (SSSR count). The van der Waals surface area contributed by atoms with E-state index in [0.717, 1.165) is 5.82 Å². The van der Waals surface area contributed by atoms with E-state index >= 15 is 0 Å². The maximum atomic E-state index is 9.39. The Morgan fingerprint density at radius 3 is 1.60 bits per heavy atom. The molecule has 0 unspecified atom stereocenters. The van der Waals surface area contributed by atoms with Crippen LogP contribution in [-0.2, 0) is 3.83 Å². The van der Waals surface area contributed by atoms with Crippen molar-refractivity contribution in [1.29, 1.82) is 0 Å². The van der Waals surface area contributed by atoms with Crippen LogP contribution in [0.1, 0.15) is 0 Å². The van der Waals surface area contributed by atoms with E-state index in [1.54, 1.807) is 0 Å². The Balaban J connectivity index is 3.47. The summed E-state index contributed by atoms with van der Waals surface area (Å²) in [5.74, 6) is 0.915. The molecule has 4 heteroatoms. The van der Waals surface area contributed by atoms with Crippen LogP contribution in [0.5, 0.6) is 0 Å². The molecule has 3 nitrogen and oxygen atoms in total.